The monoisotopic (exact) mass is 319 g/mol. The zero-order valence-corrected chi connectivity index (χ0v) is 13.0. The molecule has 6 heteroatoms. The van der Waals surface area contributed by atoms with E-state index in [1.807, 2.05) is 30.3 Å². The highest BCUT2D eigenvalue weighted by Crippen LogP contribution is 2.44. The van der Waals surface area contributed by atoms with Crippen LogP contribution in [0.4, 0.5) is 0 Å². The van der Waals surface area contributed by atoms with Crippen molar-refractivity contribution in [3.05, 3.63) is 46.5 Å². The molecule has 2 aliphatic heterocycles. The molecule has 0 radical (unpaired) electrons. The number of hydrogen-bond acceptors (Lipinski definition) is 5. The number of carbonyl (C=O) groups is 2. The summed E-state index contributed by atoms with van der Waals surface area (Å²) in [7, 11) is 0. The summed E-state index contributed by atoms with van der Waals surface area (Å²) in [4.78, 5) is 26.3. The third kappa shape index (κ3) is 2.42. The van der Waals surface area contributed by atoms with Gasteiger partial charge >= 0.3 is 5.97 Å². The quantitative estimate of drug-likeness (QED) is 0.501. The van der Waals surface area contributed by atoms with Crippen molar-refractivity contribution in [2.75, 3.05) is 0 Å². The number of rotatable bonds is 4. The Morgan fingerprint density at radius 3 is 2.77 bits per heavy atom. The fraction of sp³-hybridized carbons (Fsp3) is 0.375. The van der Waals surface area contributed by atoms with E-state index in [9.17, 15) is 14.7 Å². The maximum Gasteiger partial charge on any atom is 0.356 e. The van der Waals surface area contributed by atoms with E-state index in [2.05, 4.69) is 12.6 Å². The second-order valence-corrected chi connectivity index (χ2v) is 6.14. The first-order valence-electron chi connectivity index (χ1n) is 7.15. The second-order valence-electron chi connectivity index (χ2n) is 5.60. The van der Waals surface area contributed by atoms with Crippen molar-refractivity contribution in [2.24, 2.45) is 5.92 Å². The first-order chi connectivity index (χ1) is 10.5. The van der Waals surface area contributed by atoms with Crippen molar-refractivity contribution in [3.63, 3.8) is 0 Å². The smallest absolute Gasteiger partial charge is 0.356 e. The minimum atomic E-state index is -0.727. The molecular weight excluding hydrogens is 302 g/mol. The van der Waals surface area contributed by atoms with E-state index in [-0.39, 0.29) is 24.3 Å². The predicted octanol–water partition coefficient (Wildman–Crippen LogP) is 1.48. The van der Waals surface area contributed by atoms with Gasteiger partial charge in [0.25, 0.3) is 0 Å². The summed E-state index contributed by atoms with van der Waals surface area (Å²) in [5, 5.41) is 9.65. The molecule has 2 heterocycles. The molecule has 0 aromatic heterocycles. The van der Waals surface area contributed by atoms with E-state index in [1.165, 1.54) is 4.90 Å². The van der Waals surface area contributed by atoms with Crippen molar-refractivity contribution >= 4 is 24.5 Å². The zero-order valence-electron chi connectivity index (χ0n) is 12.1. The molecule has 1 aromatic carbocycles. The van der Waals surface area contributed by atoms with Gasteiger partial charge in [-0.3, -0.25) is 4.79 Å². The number of amides is 1. The molecule has 5 nitrogen and oxygen atoms in total. The molecule has 1 N–H and O–H groups in total. The van der Waals surface area contributed by atoms with Crippen LogP contribution in [0.15, 0.2) is 40.9 Å². The number of carbonyl (C=O) groups excluding carboxylic acids is 2. The topological polar surface area (TPSA) is 66.8 Å². The average Bonchev–Trinajstić information content (AvgIpc) is 2.78. The molecule has 1 amide bonds. The Kier molecular flexibility index (Phi) is 3.97. The Bertz CT molecular complexity index is 641. The number of aliphatic hydroxyl groups is 1. The Morgan fingerprint density at radius 2 is 2.14 bits per heavy atom. The van der Waals surface area contributed by atoms with Gasteiger partial charge in [-0.2, -0.15) is 0 Å². The molecule has 0 bridgehead atoms. The van der Waals surface area contributed by atoms with Crippen molar-refractivity contribution < 1.29 is 19.4 Å². The molecule has 22 heavy (non-hydrogen) atoms. The first kappa shape index (κ1) is 15.1. The number of thiol groups is 1. The van der Waals surface area contributed by atoms with Crippen LogP contribution >= 0.6 is 12.6 Å². The van der Waals surface area contributed by atoms with E-state index in [4.69, 9.17) is 4.74 Å². The zero-order chi connectivity index (χ0) is 15.9. The van der Waals surface area contributed by atoms with Gasteiger partial charge in [-0.25, -0.2) is 4.79 Å². The van der Waals surface area contributed by atoms with Crippen LogP contribution in [0.25, 0.3) is 0 Å². The number of fused-ring (bicyclic) bond motifs is 1. The van der Waals surface area contributed by atoms with Crippen LogP contribution in [0, 0.1) is 5.92 Å². The molecule has 0 aliphatic carbocycles. The molecule has 1 saturated heterocycles. The third-order valence-electron chi connectivity index (χ3n) is 4.11. The summed E-state index contributed by atoms with van der Waals surface area (Å²) in [6.45, 7) is 1.74. The first-order valence-corrected chi connectivity index (χ1v) is 7.59. The summed E-state index contributed by atoms with van der Waals surface area (Å²) >= 11 is 4.32. The number of hydrogen-bond donors (Lipinski definition) is 2. The lowest BCUT2D eigenvalue weighted by molar-refractivity contribution is -0.162. The van der Waals surface area contributed by atoms with Gasteiger partial charge in [0, 0.05) is 11.3 Å². The SMILES string of the molecule is CC(O)C1C(=O)N2C(C(=O)OCc3ccccc3)=C(S)CC12. The number of nitrogens with zero attached hydrogens (tertiary/aromatic N) is 1. The lowest BCUT2D eigenvalue weighted by Crippen LogP contribution is -2.61. The van der Waals surface area contributed by atoms with Crippen LogP contribution in [0.5, 0.6) is 0 Å². The molecule has 2 aliphatic rings. The Labute approximate surface area is 134 Å². The maximum absolute atomic E-state index is 12.3. The van der Waals surface area contributed by atoms with E-state index < -0.39 is 18.0 Å². The third-order valence-corrected chi connectivity index (χ3v) is 4.51. The summed E-state index contributed by atoms with van der Waals surface area (Å²) in [6, 6.07) is 9.15. The highest BCUT2D eigenvalue weighted by molar-refractivity contribution is 7.84. The Balaban J connectivity index is 1.68. The van der Waals surface area contributed by atoms with Crippen LogP contribution in [-0.4, -0.2) is 34.0 Å². The fourth-order valence-electron chi connectivity index (χ4n) is 3.03. The molecule has 0 saturated carbocycles. The van der Waals surface area contributed by atoms with Crippen molar-refractivity contribution in [2.45, 2.75) is 32.1 Å². The summed E-state index contributed by atoms with van der Waals surface area (Å²) < 4.78 is 5.28. The standard InChI is InChI=1S/C16H17NO4S/c1-9(18)13-11-7-12(22)14(17(11)15(13)19)16(20)21-8-10-5-3-2-4-6-10/h2-6,9,11,13,18,22H,7-8H2,1H3. The summed E-state index contributed by atoms with van der Waals surface area (Å²) in [5.41, 5.74) is 1.09. The molecular formula is C16H17NO4S. The second kappa shape index (κ2) is 5.78. The molecule has 3 unspecified atom stereocenters. The minimum absolute atomic E-state index is 0.150. The molecule has 1 aromatic rings. The van der Waals surface area contributed by atoms with Gasteiger partial charge in [0.1, 0.15) is 12.3 Å². The minimum Gasteiger partial charge on any atom is -0.456 e. The highest BCUT2D eigenvalue weighted by atomic mass is 32.1. The average molecular weight is 319 g/mol. The van der Waals surface area contributed by atoms with Gasteiger partial charge in [-0.15, -0.1) is 12.6 Å². The molecule has 0 spiro atoms. The number of benzene rings is 1. The Morgan fingerprint density at radius 1 is 1.45 bits per heavy atom. The van der Waals surface area contributed by atoms with Crippen LogP contribution in [-0.2, 0) is 20.9 Å². The van der Waals surface area contributed by atoms with E-state index >= 15 is 0 Å². The fourth-order valence-corrected chi connectivity index (χ4v) is 3.42. The summed E-state index contributed by atoms with van der Waals surface area (Å²) in [5.74, 6) is -1.24. The van der Waals surface area contributed by atoms with Gasteiger partial charge in [-0.1, -0.05) is 30.3 Å². The maximum atomic E-state index is 12.3. The molecule has 3 atom stereocenters. The van der Waals surface area contributed by atoms with Gasteiger partial charge in [0.05, 0.1) is 18.1 Å². The van der Waals surface area contributed by atoms with Crippen molar-refractivity contribution in [1.29, 1.82) is 0 Å². The van der Waals surface area contributed by atoms with Crippen LogP contribution in [0.2, 0.25) is 0 Å². The lowest BCUT2D eigenvalue weighted by atomic mass is 9.83. The van der Waals surface area contributed by atoms with E-state index in [0.717, 1.165) is 5.56 Å². The largest absolute Gasteiger partial charge is 0.456 e. The molecule has 116 valence electrons. The number of esters is 1. The van der Waals surface area contributed by atoms with Gasteiger partial charge in [0.15, 0.2) is 0 Å². The van der Waals surface area contributed by atoms with Crippen LogP contribution in [0.3, 0.4) is 0 Å². The van der Waals surface area contributed by atoms with E-state index in [1.54, 1.807) is 6.92 Å². The van der Waals surface area contributed by atoms with Crippen LogP contribution in [0.1, 0.15) is 18.9 Å². The van der Waals surface area contributed by atoms with Crippen molar-refractivity contribution in [1.82, 2.24) is 4.90 Å². The lowest BCUT2D eigenvalue weighted by Gasteiger charge is -2.44. The normalized spacial score (nSPS) is 24.9. The van der Waals surface area contributed by atoms with Crippen LogP contribution < -0.4 is 0 Å². The van der Waals surface area contributed by atoms with Gasteiger partial charge < -0.3 is 14.7 Å². The molecule has 1 fully saturated rings. The number of aliphatic hydroxyl groups excluding tert-OH is 1. The molecule has 3 rings (SSSR count). The van der Waals surface area contributed by atoms with Gasteiger partial charge in [-0.05, 0) is 12.5 Å². The van der Waals surface area contributed by atoms with Crippen molar-refractivity contribution in [3.8, 4) is 0 Å². The predicted molar refractivity (Wildman–Crippen MR) is 82.7 cm³/mol. The van der Waals surface area contributed by atoms with Gasteiger partial charge in [0.2, 0.25) is 5.91 Å². The summed E-state index contributed by atoms with van der Waals surface area (Å²) in [6.07, 6.45) is -0.241. The highest BCUT2D eigenvalue weighted by Gasteiger charge is 2.56. The number of ether oxygens (including phenoxy) is 1. The Hall–Kier alpha value is -1.79. The number of β-lactam (4-membered cyclic amide) rings is 1. The van der Waals surface area contributed by atoms with E-state index in [0.29, 0.717) is 11.3 Å².